The maximum absolute atomic E-state index is 12.1. The highest BCUT2D eigenvalue weighted by atomic mass is 32.1. The number of nitrogen functional groups attached to an aromatic ring is 1. The lowest BCUT2D eigenvalue weighted by atomic mass is 10.1. The van der Waals surface area contributed by atoms with Crippen molar-refractivity contribution in [1.82, 2.24) is 10.2 Å². The van der Waals surface area contributed by atoms with Crippen LogP contribution in [0.2, 0.25) is 0 Å². The van der Waals surface area contributed by atoms with Crippen LogP contribution in [0, 0.1) is 0 Å². The van der Waals surface area contributed by atoms with Crippen molar-refractivity contribution in [1.29, 1.82) is 0 Å². The quantitative estimate of drug-likeness (QED) is 0.893. The minimum absolute atomic E-state index is 0.0548. The van der Waals surface area contributed by atoms with Gasteiger partial charge in [-0.3, -0.25) is 9.69 Å². The van der Waals surface area contributed by atoms with Gasteiger partial charge in [-0.05, 0) is 33.4 Å². The number of carbonyl (C=O) groups excluding carboxylic acids is 1. The monoisotopic (exact) mass is 310 g/mol. The second kappa shape index (κ2) is 6.66. The van der Waals surface area contributed by atoms with E-state index in [2.05, 4.69) is 36.0 Å². The molecule has 0 aliphatic carbocycles. The molecule has 21 heavy (non-hydrogen) atoms. The Kier molecular flexibility index (Phi) is 5.11. The molecule has 1 aliphatic heterocycles. The van der Waals surface area contributed by atoms with Gasteiger partial charge in [0.2, 0.25) is 0 Å². The average Bonchev–Trinajstić information content (AvgIpc) is 2.83. The maximum Gasteiger partial charge on any atom is 0.263 e. The van der Waals surface area contributed by atoms with Crippen LogP contribution in [0.15, 0.2) is 6.07 Å². The summed E-state index contributed by atoms with van der Waals surface area (Å²) in [6.07, 6.45) is 0.928. The minimum atomic E-state index is -0.0548. The lowest BCUT2D eigenvalue weighted by molar-refractivity contribution is 0.0958. The molecular weight excluding hydrogens is 284 g/mol. The molecule has 2 atom stereocenters. The van der Waals surface area contributed by atoms with Gasteiger partial charge in [-0.1, -0.05) is 6.92 Å². The van der Waals surface area contributed by atoms with Gasteiger partial charge in [0.15, 0.2) is 0 Å². The molecule has 1 saturated heterocycles. The number of nitrogens with one attached hydrogen (secondary N) is 1. The van der Waals surface area contributed by atoms with E-state index < -0.39 is 0 Å². The summed E-state index contributed by atoms with van der Waals surface area (Å²) in [5.74, 6) is -0.0548. The van der Waals surface area contributed by atoms with Crippen molar-refractivity contribution in [3.63, 3.8) is 0 Å². The SMILES string of the molecule is CCCNC(=O)c1sc(N2CC(C)N(C)C(C)C2)cc1N. The summed E-state index contributed by atoms with van der Waals surface area (Å²) in [5.41, 5.74) is 6.62. The number of hydrogen-bond donors (Lipinski definition) is 2. The topological polar surface area (TPSA) is 61.6 Å². The maximum atomic E-state index is 12.1. The molecule has 1 amide bonds. The summed E-state index contributed by atoms with van der Waals surface area (Å²) in [5, 5.41) is 3.99. The van der Waals surface area contributed by atoms with E-state index in [0.717, 1.165) is 24.5 Å². The molecule has 5 nitrogen and oxygen atoms in total. The van der Waals surface area contributed by atoms with E-state index in [9.17, 15) is 4.79 Å². The van der Waals surface area contributed by atoms with Crippen LogP contribution in [0.1, 0.15) is 36.9 Å². The van der Waals surface area contributed by atoms with Crippen LogP contribution in [0.25, 0.3) is 0 Å². The molecule has 1 aromatic heterocycles. The molecule has 1 fully saturated rings. The second-order valence-electron chi connectivity index (χ2n) is 5.89. The zero-order valence-electron chi connectivity index (χ0n) is 13.3. The minimum Gasteiger partial charge on any atom is -0.397 e. The third-order valence-corrected chi connectivity index (χ3v) is 5.37. The highest BCUT2D eigenvalue weighted by molar-refractivity contribution is 7.18. The van der Waals surface area contributed by atoms with Crippen LogP contribution >= 0.6 is 11.3 Å². The number of nitrogens with two attached hydrogens (primary N) is 1. The van der Waals surface area contributed by atoms with Crippen LogP contribution in [0.4, 0.5) is 10.7 Å². The second-order valence-corrected chi connectivity index (χ2v) is 6.92. The number of hydrogen-bond acceptors (Lipinski definition) is 5. The zero-order chi connectivity index (χ0) is 15.6. The van der Waals surface area contributed by atoms with Gasteiger partial charge < -0.3 is 16.0 Å². The summed E-state index contributed by atoms with van der Waals surface area (Å²) in [6.45, 7) is 9.13. The molecule has 1 aromatic rings. The Morgan fingerprint density at radius 1 is 1.43 bits per heavy atom. The van der Waals surface area contributed by atoms with Gasteiger partial charge in [-0.25, -0.2) is 0 Å². The number of likely N-dealkylation sites (N-methyl/N-ethyl adjacent to an activating group) is 1. The van der Waals surface area contributed by atoms with E-state index >= 15 is 0 Å². The lowest BCUT2D eigenvalue weighted by Crippen LogP contribution is -2.54. The van der Waals surface area contributed by atoms with Gasteiger partial charge >= 0.3 is 0 Å². The molecule has 0 spiro atoms. The fourth-order valence-corrected chi connectivity index (χ4v) is 3.64. The third kappa shape index (κ3) is 3.49. The van der Waals surface area contributed by atoms with Gasteiger partial charge in [0, 0.05) is 31.7 Å². The van der Waals surface area contributed by atoms with Crippen LogP contribution in [-0.2, 0) is 0 Å². The van der Waals surface area contributed by atoms with E-state index in [1.165, 1.54) is 11.3 Å². The Hall–Kier alpha value is -1.27. The third-order valence-electron chi connectivity index (χ3n) is 4.16. The van der Waals surface area contributed by atoms with Crippen LogP contribution in [-0.4, -0.2) is 49.6 Å². The lowest BCUT2D eigenvalue weighted by Gasteiger charge is -2.42. The predicted octanol–water partition coefficient (Wildman–Crippen LogP) is 2.00. The summed E-state index contributed by atoms with van der Waals surface area (Å²) in [7, 11) is 2.17. The Balaban J connectivity index is 2.13. The normalized spacial score (nSPS) is 23.3. The Labute approximate surface area is 131 Å². The smallest absolute Gasteiger partial charge is 0.263 e. The fraction of sp³-hybridized carbons (Fsp3) is 0.667. The van der Waals surface area contributed by atoms with Crippen molar-refractivity contribution in [3.8, 4) is 0 Å². The molecule has 0 aromatic carbocycles. The standard InChI is InChI=1S/C15H26N4OS/c1-5-6-17-15(20)14-12(16)7-13(21-14)19-8-10(2)18(4)11(3)9-19/h7,10-11H,5-6,8-9,16H2,1-4H3,(H,17,20). The number of thiophene rings is 1. The van der Waals surface area contributed by atoms with Gasteiger partial charge in [-0.15, -0.1) is 11.3 Å². The predicted molar refractivity (Wildman–Crippen MR) is 90.3 cm³/mol. The van der Waals surface area contributed by atoms with Crippen LogP contribution in [0.3, 0.4) is 0 Å². The first-order valence-corrected chi connectivity index (χ1v) is 8.40. The van der Waals surface area contributed by atoms with Crippen molar-refractivity contribution in [2.24, 2.45) is 0 Å². The van der Waals surface area contributed by atoms with Crippen LogP contribution < -0.4 is 16.0 Å². The van der Waals surface area contributed by atoms with Crippen molar-refractivity contribution in [3.05, 3.63) is 10.9 Å². The zero-order valence-corrected chi connectivity index (χ0v) is 14.2. The Bertz CT molecular complexity index is 490. The summed E-state index contributed by atoms with van der Waals surface area (Å²) in [6, 6.07) is 2.93. The number of rotatable bonds is 4. The molecular formula is C15H26N4OS. The van der Waals surface area contributed by atoms with Crippen LogP contribution in [0.5, 0.6) is 0 Å². The first-order valence-electron chi connectivity index (χ1n) is 7.58. The molecule has 2 unspecified atom stereocenters. The molecule has 0 radical (unpaired) electrons. The first-order chi connectivity index (χ1) is 9.93. The average molecular weight is 310 g/mol. The number of piperazine rings is 1. The van der Waals surface area contributed by atoms with Gasteiger partial charge in [0.25, 0.3) is 5.91 Å². The summed E-state index contributed by atoms with van der Waals surface area (Å²) < 4.78 is 0. The van der Waals surface area contributed by atoms with Crippen molar-refractivity contribution in [2.75, 3.05) is 37.3 Å². The Morgan fingerprint density at radius 2 is 2.05 bits per heavy atom. The first kappa shape index (κ1) is 16.1. The largest absolute Gasteiger partial charge is 0.397 e. The number of anilines is 2. The molecule has 0 bridgehead atoms. The molecule has 2 rings (SSSR count). The van der Waals surface area contributed by atoms with Gasteiger partial charge in [-0.2, -0.15) is 0 Å². The van der Waals surface area contributed by atoms with Crippen molar-refractivity contribution in [2.45, 2.75) is 39.3 Å². The van der Waals surface area contributed by atoms with E-state index in [-0.39, 0.29) is 5.91 Å². The molecule has 3 N–H and O–H groups in total. The number of carbonyl (C=O) groups is 1. The number of amides is 1. The van der Waals surface area contributed by atoms with Gasteiger partial charge in [0.05, 0.1) is 10.7 Å². The van der Waals surface area contributed by atoms with E-state index in [1.54, 1.807) is 0 Å². The van der Waals surface area contributed by atoms with E-state index in [0.29, 0.717) is 29.2 Å². The Morgan fingerprint density at radius 3 is 2.62 bits per heavy atom. The fourth-order valence-electron chi connectivity index (χ4n) is 2.63. The van der Waals surface area contributed by atoms with Gasteiger partial charge in [0.1, 0.15) is 4.88 Å². The van der Waals surface area contributed by atoms with E-state index in [4.69, 9.17) is 5.73 Å². The molecule has 0 saturated carbocycles. The summed E-state index contributed by atoms with van der Waals surface area (Å²) >= 11 is 1.50. The molecule has 1 aliphatic rings. The van der Waals surface area contributed by atoms with E-state index in [1.807, 2.05) is 13.0 Å². The van der Waals surface area contributed by atoms with Crippen molar-refractivity contribution < 1.29 is 4.79 Å². The summed E-state index contributed by atoms with van der Waals surface area (Å²) in [4.78, 5) is 17.5. The van der Waals surface area contributed by atoms with Crippen molar-refractivity contribution >= 4 is 27.9 Å². The number of nitrogens with zero attached hydrogens (tertiary/aromatic N) is 2. The highest BCUT2D eigenvalue weighted by Gasteiger charge is 2.28. The highest BCUT2D eigenvalue weighted by Crippen LogP contribution is 2.34. The molecule has 6 heteroatoms. The molecule has 2 heterocycles. The molecule has 118 valence electrons.